The van der Waals surface area contributed by atoms with Gasteiger partial charge >= 0.3 is 0 Å². The van der Waals surface area contributed by atoms with E-state index in [1.807, 2.05) is 5.51 Å². The molecule has 1 aromatic heterocycles. The smallest absolute Gasteiger partial charge is 0.0798 e. The first-order chi connectivity index (χ1) is 8.76. The summed E-state index contributed by atoms with van der Waals surface area (Å²) in [5.41, 5.74) is 9.52. The maximum atomic E-state index is 6.00. The first-order valence-electron chi connectivity index (χ1n) is 7.05. The Morgan fingerprint density at radius 1 is 1.39 bits per heavy atom. The molecule has 102 valence electrons. The van der Waals surface area contributed by atoms with Crippen LogP contribution in [0.5, 0.6) is 0 Å². The second-order valence-electron chi connectivity index (χ2n) is 5.55. The van der Waals surface area contributed by atoms with E-state index in [4.69, 9.17) is 5.73 Å². The van der Waals surface area contributed by atoms with Gasteiger partial charge in [0.2, 0.25) is 0 Å². The van der Waals surface area contributed by atoms with E-state index in [9.17, 15) is 0 Å². The fourth-order valence-corrected chi connectivity index (χ4v) is 3.66. The van der Waals surface area contributed by atoms with Crippen molar-refractivity contribution in [1.82, 2.24) is 10.3 Å². The second-order valence-corrected chi connectivity index (χ2v) is 6.49. The molecule has 3 nitrogen and oxygen atoms in total. The van der Waals surface area contributed by atoms with Crippen LogP contribution in [-0.4, -0.2) is 18.1 Å². The van der Waals surface area contributed by atoms with Crippen LogP contribution in [0.4, 0.5) is 0 Å². The molecule has 0 bridgehead atoms. The summed E-state index contributed by atoms with van der Waals surface area (Å²) in [7, 11) is 0. The zero-order chi connectivity index (χ0) is 12.8. The third-order valence-corrected chi connectivity index (χ3v) is 5.24. The van der Waals surface area contributed by atoms with Gasteiger partial charge in [0.25, 0.3) is 0 Å². The lowest BCUT2D eigenvalue weighted by atomic mass is 9.72. The van der Waals surface area contributed by atoms with E-state index >= 15 is 0 Å². The fraction of sp³-hybridized carbons (Fsp3) is 0.786. The van der Waals surface area contributed by atoms with Gasteiger partial charge in [-0.1, -0.05) is 19.3 Å². The van der Waals surface area contributed by atoms with Gasteiger partial charge in [-0.3, -0.25) is 0 Å². The van der Waals surface area contributed by atoms with E-state index in [1.165, 1.54) is 49.1 Å². The fourth-order valence-electron chi connectivity index (χ4n) is 2.91. The molecule has 0 radical (unpaired) electrons. The Morgan fingerprint density at radius 3 is 2.78 bits per heavy atom. The molecule has 0 unspecified atom stereocenters. The molecule has 1 heterocycles. The molecule has 0 saturated heterocycles. The van der Waals surface area contributed by atoms with Gasteiger partial charge in [0.1, 0.15) is 0 Å². The molecule has 1 aliphatic carbocycles. The number of rotatable bonds is 6. The molecule has 3 N–H and O–H groups in total. The quantitative estimate of drug-likeness (QED) is 0.779. The molecule has 2 rings (SSSR count). The summed E-state index contributed by atoms with van der Waals surface area (Å²) in [6.45, 7) is 4.97. The predicted octanol–water partition coefficient (Wildman–Crippen LogP) is 2.84. The van der Waals surface area contributed by atoms with Crippen LogP contribution in [-0.2, 0) is 6.54 Å². The number of hydrogen-bond acceptors (Lipinski definition) is 4. The van der Waals surface area contributed by atoms with Crippen LogP contribution in [0.3, 0.4) is 0 Å². The van der Waals surface area contributed by atoms with E-state index < -0.39 is 0 Å². The molecule has 0 aromatic carbocycles. The Labute approximate surface area is 114 Å². The summed E-state index contributed by atoms with van der Waals surface area (Å²) in [5.74, 6) is 0. The first kappa shape index (κ1) is 14.0. The first-order valence-corrected chi connectivity index (χ1v) is 7.93. The molecule has 1 aliphatic rings. The molecule has 0 aliphatic heterocycles. The third kappa shape index (κ3) is 3.53. The second kappa shape index (κ2) is 6.64. The lowest BCUT2D eigenvalue weighted by Crippen LogP contribution is -2.35. The lowest BCUT2D eigenvalue weighted by molar-refractivity contribution is 0.181. The SMILES string of the molecule is Cc1ncsc1CNCCC1(CN)CCCCC1. The van der Waals surface area contributed by atoms with E-state index in [0.717, 1.165) is 19.6 Å². The Kier molecular flexibility index (Phi) is 5.15. The number of aromatic nitrogens is 1. The summed E-state index contributed by atoms with van der Waals surface area (Å²) in [5, 5.41) is 3.55. The number of nitrogens with two attached hydrogens (primary N) is 1. The van der Waals surface area contributed by atoms with Gasteiger partial charge in [0.05, 0.1) is 11.2 Å². The van der Waals surface area contributed by atoms with Crippen LogP contribution < -0.4 is 11.1 Å². The third-order valence-electron chi connectivity index (χ3n) is 4.31. The Hall–Kier alpha value is -0.450. The van der Waals surface area contributed by atoms with Crippen molar-refractivity contribution in [3.63, 3.8) is 0 Å². The van der Waals surface area contributed by atoms with Crippen molar-refractivity contribution in [3.8, 4) is 0 Å². The van der Waals surface area contributed by atoms with Crippen molar-refractivity contribution in [1.29, 1.82) is 0 Å². The minimum Gasteiger partial charge on any atom is -0.330 e. The summed E-state index contributed by atoms with van der Waals surface area (Å²) in [6, 6.07) is 0. The van der Waals surface area contributed by atoms with Crippen molar-refractivity contribution in [2.24, 2.45) is 11.1 Å². The molecular weight excluding hydrogens is 242 g/mol. The molecule has 0 spiro atoms. The van der Waals surface area contributed by atoms with E-state index in [-0.39, 0.29) is 0 Å². The summed E-state index contributed by atoms with van der Waals surface area (Å²) in [6.07, 6.45) is 8.00. The number of nitrogens with one attached hydrogen (secondary N) is 1. The maximum Gasteiger partial charge on any atom is 0.0798 e. The van der Waals surface area contributed by atoms with Crippen LogP contribution in [0.2, 0.25) is 0 Å². The van der Waals surface area contributed by atoms with Crippen LogP contribution in [0, 0.1) is 12.3 Å². The van der Waals surface area contributed by atoms with Crippen molar-refractivity contribution in [3.05, 3.63) is 16.1 Å². The van der Waals surface area contributed by atoms with Gasteiger partial charge in [0, 0.05) is 11.4 Å². The predicted molar refractivity (Wildman–Crippen MR) is 77.7 cm³/mol. The largest absolute Gasteiger partial charge is 0.330 e. The minimum absolute atomic E-state index is 0.425. The average Bonchev–Trinajstić information content (AvgIpc) is 2.82. The maximum absolute atomic E-state index is 6.00. The lowest BCUT2D eigenvalue weighted by Gasteiger charge is -2.36. The number of nitrogens with zero attached hydrogens (tertiary/aromatic N) is 1. The van der Waals surface area contributed by atoms with Gasteiger partial charge in [0.15, 0.2) is 0 Å². The Balaban J connectivity index is 1.72. The Bertz CT molecular complexity index is 356. The molecular formula is C14H25N3S. The van der Waals surface area contributed by atoms with Gasteiger partial charge in [-0.25, -0.2) is 4.98 Å². The van der Waals surface area contributed by atoms with Crippen molar-refractivity contribution >= 4 is 11.3 Å². The summed E-state index contributed by atoms with van der Waals surface area (Å²) >= 11 is 1.74. The number of aryl methyl sites for hydroxylation is 1. The van der Waals surface area contributed by atoms with Crippen molar-refractivity contribution in [2.45, 2.75) is 52.0 Å². The van der Waals surface area contributed by atoms with Crippen LogP contribution in [0.15, 0.2) is 5.51 Å². The molecule has 18 heavy (non-hydrogen) atoms. The highest BCUT2D eigenvalue weighted by atomic mass is 32.1. The normalized spacial score (nSPS) is 19.0. The summed E-state index contributed by atoms with van der Waals surface area (Å²) < 4.78 is 0. The van der Waals surface area contributed by atoms with Gasteiger partial charge in [-0.2, -0.15) is 0 Å². The average molecular weight is 267 g/mol. The van der Waals surface area contributed by atoms with Crippen molar-refractivity contribution < 1.29 is 0 Å². The highest BCUT2D eigenvalue weighted by Crippen LogP contribution is 2.37. The molecule has 1 fully saturated rings. The molecule has 1 aromatic rings. The van der Waals surface area contributed by atoms with Crippen LogP contribution in [0.25, 0.3) is 0 Å². The molecule has 0 atom stereocenters. The highest BCUT2D eigenvalue weighted by molar-refractivity contribution is 7.09. The molecule has 1 saturated carbocycles. The molecule has 4 heteroatoms. The van der Waals surface area contributed by atoms with E-state index in [1.54, 1.807) is 11.3 Å². The highest BCUT2D eigenvalue weighted by Gasteiger charge is 2.29. The van der Waals surface area contributed by atoms with Crippen molar-refractivity contribution in [2.75, 3.05) is 13.1 Å². The topological polar surface area (TPSA) is 50.9 Å². The molecule has 0 amide bonds. The van der Waals surface area contributed by atoms with Crippen LogP contribution >= 0.6 is 11.3 Å². The van der Waals surface area contributed by atoms with Gasteiger partial charge < -0.3 is 11.1 Å². The number of hydrogen-bond donors (Lipinski definition) is 2. The minimum atomic E-state index is 0.425. The Morgan fingerprint density at radius 2 is 2.17 bits per heavy atom. The number of thiazole rings is 1. The van der Waals surface area contributed by atoms with Gasteiger partial charge in [-0.05, 0) is 44.7 Å². The van der Waals surface area contributed by atoms with Crippen LogP contribution in [0.1, 0.15) is 49.1 Å². The monoisotopic (exact) mass is 267 g/mol. The van der Waals surface area contributed by atoms with Gasteiger partial charge in [-0.15, -0.1) is 11.3 Å². The zero-order valence-electron chi connectivity index (χ0n) is 11.4. The van der Waals surface area contributed by atoms with E-state index in [0.29, 0.717) is 5.41 Å². The zero-order valence-corrected chi connectivity index (χ0v) is 12.2. The standard InChI is InChI=1S/C14H25N3S/c1-12-13(18-11-17-12)9-16-8-7-14(10-15)5-3-2-4-6-14/h11,16H,2-10,15H2,1H3. The van der Waals surface area contributed by atoms with E-state index in [2.05, 4.69) is 17.2 Å². The summed E-state index contributed by atoms with van der Waals surface area (Å²) in [4.78, 5) is 5.64.